The van der Waals surface area contributed by atoms with Gasteiger partial charge in [-0.3, -0.25) is 9.69 Å². The fourth-order valence-electron chi connectivity index (χ4n) is 4.37. The molecule has 1 aromatic rings. The van der Waals surface area contributed by atoms with Gasteiger partial charge in [-0.2, -0.15) is 0 Å². The molecule has 0 aliphatic carbocycles. The quantitative estimate of drug-likeness (QED) is 0.788. The number of hydrogen-bond donors (Lipinski definition) is 2. The summed E-state index contributed by atoms with van der Waals surface area (Å²) in [5.74, 6) is 0.284. The molecule has 0 spiro atoms. The van der Waals surface area contributed by atoms with Crippen LogP contribution < -0.4 is 10.6 Å². The van der Waals surface area contributed by atoms with Gasteiger partial charge in [0.15, 0.2) is 0 Å². The third kappa shape index (κ3) is 5.71. The van der Waals surface area contributed by atoms with Crippen LogP contribution in [0.5, 0.6) is 0 Å². The molecule has 0 bridgehead atoms. The number of hydrogen-bond acceptors (Lipinski definition) is 3. The molecule has 28 heavy (non-hydrogen) atoms. The molecule has 0 unspecified atom stereocenters. The molecule has 0 aromatic heterocycles. The summed E-state index contributed by atoms with van der Waals surface area (Å²) in [6.45, 7) is 6.85. The Morgan fingerprint density at radius 1 is 1.04 bits per heavy atom. The van der Waals surface area contributed by atoms with Crippen LogP contribution in [0.3, 0.4) is 0 Å². The predicted octanol–water partition coefficient (Wildman–Crippen LogP) is 2.25. The summed E-state index contributed by atoms with van der Waals surface area (Å²) in [6.07, 6.45) is 4.93. The summed E-state index contributed by atoms with van der Waals surface area (Å²) in [5, 5.41) is 6.02. The average molecular weight is 387 g/mol. The lowest BCUT2D eigenvalue weighted by atomic mass is 9.93. The van der Waals surface area contributed by atoms with Gasteiger partial charge in [0.1, 0.15) is 0 Å². The standard InChI is InChI=1S/C22H34N4O2/c1-2-23-22(28)25-15-11-20(12-16-25)26-14-6-9-19(17-26)21(27)24-13-10-18-7-4-3-5-8-18/h3-5,7-8,19-20H,2,6,9-17H2,1H3,(H,23,28)(H,24,27)/t19-/m0/s1. The lowest BCUT2D eigenvalue weighted by Crippen LogP contribution is -2.52. The first-order valence-corrected chi connectivity index (χ1v) is 10.8. The van der Waals surface area contributed by atoms with Gasteiger partial charge < -0.3 is 15.5 Å². The van der Waals surface area contributed by atoms with E-state index in [1.54, 1.807) is 0 Å². The number of piperidine rings is 2. The van der Waals surface area contributed by atoms with Crippen LogP contribution >= 0.6 is 0 Å². The number of nitrogens with one attached hydrogen (secondary N) is 2. The monoisotopic (exact) mass is 386 g/mol. The first-order valence-electron chi connectivity index (χ1n) is 10.8. The summed E-state index contributed by atoms with van der Waals surface area (Å²) >= 11 is 0. The Balaban J connectivity index is 1.41. The molecular formula is C22H34N4O2. The van der Waals surface area contributed by atoms with Gasteiger partial charge in [0.05, 0.1) is 5.92 Å². The van der Waals surface area contributed by atoms with Crippen molar-refractivity contribution in [1.29, 1.82) is 0 Å². The molecule has 6 heteroatoms. The van der Waals surface area contributed by atoms with Crippen LogP contribution in [0.2, 0.25) is 0 Å². The topological polar surface area (TPSA) is 64.7 Å². The number of benzene rings is 1. The number of likely N-dealkylation sites (tertiary alicyclic amines) is 2. The molecule has 2 aliphatic rings. The minimum atomic E-state index is 0.0512. The molecule has 1 atom stereocenters. The van der Waals surface area contributed by atoms with Crippen LogP contribution in [-0.2, 0) is 11.2 Å². The maximum absolute atomic E-state index is 12.6. The lowest BCUT2D eigenvalue weighted by molar-refractivity contribution is -0.127. The van der Waals surface area contributed by atoms with Crippen LogP contribution in [0.4, 0.5) is 4.79 Å². The smallest absolute Gasteiger partial charge is 0.317 e. The third-order valence-electron chi connectivity index (χ3n) is 5.98. The number of rotatable bonds is 6. The zero-order chi connectivity index (χ0) is 19.8. The Morgan fingerprint density at radius 2 is 1.79 bits per heavy atom. The van der Waals surface area contributed by atoms with Crippen molar-refractivity contribution in [1.82, 2.24) is 20.4 Å². The highest BCUT2D eigenvalue weighted by atomic mass is 16.2. The van der Waals surface area contributed by atoms with Crippen molar-refractivity contribution in [3.05, 3.63) is 35.9 Å². The molecule has 0 radical (unpaired) electrons. The zero-order valence-corrected chi connectivity index (χ0v) is 17.0. The normalized spacial score (nSPS) is 21.3. The Hall–Kier alpha value is -2.08. The van der Waals surface area contributed by atoms with Crippen LogP contribution in [0.15, 0.2) is 30.3 Å². The Bertz CT molecular complexity index is 629. The van der Waals surface area contributed by atoms with Gasteiger partial charge >= 0.3 is 6.03 Å². The van der Waals surface area contributed by atoms with Gasteiger partial charge in [-0.15, -0.1) is 0 Å². The van der Waals surface area contributed by atoms with Crippen molar-refractivity contribution < 1.29 is 9.59 Å². The van der Waals surface area contributed by atoms with Crippen molar-refractivity contribution >= 4 is 11.9 Å². The summed E-state index contributed by atoms with van der Waals surface area (Å²) in [4.78, 5) is 29.0. The van der Waals surface area contributed by atoms with E-state index in [9.17, 15) is 9.59 Å². The van der Waals surface area contributed by atoms with Gasteiger partial charge in [-0.05, 0) is 51.1 Å². The minimum absolute atomic E-state index is 0.0512. The van der Waals surface area contributed by atoms with E-state index in [2.05, 4.69) is 27.7 Å². The predicted molar refractivity (Wildman–Crippen MR) is 111 cm³/mol. The zero-order valence-electron chi connectivity index (χ0n) is 17.0. The van der Waals surface area contributed by atoms with Crippen LogP contribution in [0.25, 0.3) is 0 Å². The molecule has 2 heterocycles. The summed E-state index contributed by atoms with van der Waals surface area (Å²) in [7, 11) is 0. The fourth-order valence-corrected chi connectivity index (χ4v) is 4.37. The Kier molecular flexibility index (Phi) is 7.71. The van der Waals surface area contributed by atoms with Gasteiger partial charge in [-0.25, -0.2) is 4.79 Å². The number of nitrogens with zero attached hydrogens (tertiary/aromatic N) is 2. The van der Waals surface area contributed by atoms with E-state index >= 15 is 0 Å². The summed E-state index contributed by atoms with van der Waals surface area (Å²) in [5.41, 5.74) is 1.26. The van der Waals surface area contributed by atoms with Crippen LogP contribution in [0.1, 0.15) is 38.2 Å². The van der Waals surface area contributed by atoms with Crippen molar-refractivity contribution in [3.63, 3.8) is 0 Å². The maximum atomic E-state index is 12.6. The van der Waals surface area contributed by atoms with Crippen LogP contribution in [-0.4, -0.2) is 67.0 Å². The van der Waals surface area contributed by atoms with Gasteiger partial charge in [0, 0.05) is 38.8 Å². The maximum Gasteiger partial charge on any atom is 0.317 e. The van der Waals surface area contributed by atoms with Gasteiger partial charge in [0.25, 0.3) is 0 Å². The van der Waals surface area contributed by atoms with Gasteiger partial charge in [0.2, 0.25) is 5.91 Å². The highest BCUT2D eigenvalue weighted by molar-refractivity contribution is 5.79. The van der Waals surface area contributed by atoms with Gasteiger partial charge in [-0.1, -0.05) is 30.3 Å². The highest BCUT2D eigenvalue weighted by Crippen LogP contribution is 2.24. The molecule has 3 rings (SSSR count). The molecule has 2 saturated heterocycles. The number of carbonyl (C=O) groups excluding carboxylic acids is 2. The largest absolute Gasteiger partial charge is 0.355 e. The van der Waals surface area contributed by atoms with E-state index in [-0.39, 0.29) is 17.9 Å². The molecule has 2 fully saturated rings. The Labute approximate surface area is 168 Å². The highest BCUT2D eigenvalue weighted by Gasteiger charge is 2.32. The fraction of sp³-hybridized carbons (Fsp3) is 0.636. The van der Waals surface area contributed by atoms with E-state index in [0.717, 1.165) is 58.3 Å². The second-order valence-corrected chi connectivity index (χ2v) is 7.91. The molecule has 2 N–H and O–H groups in total. The Morgan fingerprint density at radius 3 is 2.50 bits per heavy atom. The van der Waals surface area contributed by atoms with Crippen molar-refractivity contribution in [2.45, 2.75) is 45.1 Å². The summed E-state index contributed by atoms with van der Waals surface area (Å²) in [6, 6.07) is 10.8. The molecule has 154 valence electrons. The van der Waals surface area contributed by atoms with E-state index in [1.165, 1.54) is 5.56 Å². The first-order chi connectivity index (χ1) is 13.7. The van der Waals surface area contributed by atoms with Crippen molar-refractivity contribution in [2.24, 2.45) is 5.92 Å². The first kappa shape index (κ1) is 20.6. The third-order valence-corrected chi connectivity index (χ3v) is 5.98. The molecule has 3 amide bonds. The molecular weight excluding hydrogens is 352 g/mol. The second kappa shape index (κ2) is 10.5. The molecule has 1 aromatic carbocycles. The lowest BCUT2D eigenvalue weighted by Gasteiger charge is -2.42. The van der Waals surface area contributed by atoms with E-state index in [0.29, 0.717) is 19.1 Å². The molecule has 2 aliphatic heterocycles. The number of urea groups is 1. The molecule has 6 nitrogen and oxygen atoms in total. The summed E-state index contributed by atoms with van der Waals surface area (Å²) < 4.78 is 0. The molecule has 0 saturated carbocycles. The number of carbonyl (C=O) groups is 2. The number of amides is 3. The van der Waals surface area contributed by atoms with Crippen molar-refractivity contribution in [3.8, 4) is 0 Å². The second-order valence-electron chi connectivity index (χ2n) is 7.91. The van der Waals surface area contributed by atoms with Crippen LogP contribution in [0, 0.1) is 5.92 Å². The van der Waals surface area contributed by atoms with E-state index in [4.69, 9.17) is 0 Å². The van der Waals surface area contributed by atoms with E-state index in [1.807, 2.05) is 30.0 Å². The SMILES string of the molecule is CCNC(=O)N1CCC(N2CCC[C@H](C(=O)NCCc3ccccc3)C2)CC1. The minimum Gasteiger partial charge on any atom is -0.355 e. The van der Waals surface area contributed by atoms with Crippen molar-refractivity contribution in [2.75, 3.05) is 39.3 Å². The average Bonchev–Trinajstić information content (AvgIpc) is 2.75. The van der Waals surface area contributed by atoms with E-state index < -0.39 is 0 Å².